The van der Waals surface area contributed by atoms with Crippen LogP contribution in [-0.4, -0.2) is 31.7 Å². The Labute approximate surface area is 133 Å². The van der Waals surface area contributed by atoms with E-state index in [9.17, 15) is 5.11 Å². The zero-order chi connectivity index (χ0) is 16.2. The Morgan fingerprint density at radius 3 is 2.91 bits per heavy atom. The van der Waals surface area contributed by atoms with Crippen LogP contribution in [0.4, 0.5) is 5.82 Å². The highest BCUT2D eigenvalue weighted by molar-refractivity contribution is 5.47. The van der Waals surface area contributed by atoms with Gasteiger partial charge in [-0.25, -0.2) is 9.97 Å². The fourth-order valence-electron chi connectivity index (χ4n) is 2.24. The van der Waals surface area contributed by atoms with Crippen LogP contribution in [-0.2, 0) is 6.54 Å². The van der Waals surface area contributed by atoms with Crippen LogP contribution in [0.2, 0.25) is 0 Å². The third kappa shape index (κ3) is 3.08. The summed E-state index contributed by atoms with van der Waals surface area (Å²) in [7, 11) is 1.52. The monoisotopic (exact) mass is 311 g/mol. The van der Waals surface area contributed by atoms with E-state index in [1.807, 2.05) is 29.8 Å². The van der Waals surface area contributed by atoms with Crippen molar-refractivity contribution in [2.75, 3.05) is 12.4 Å². The number of aryl methyl sites for hydroxylation is 1. The number of phenols is 1. The Morgan fingerprint density at radius 1 is 1.30 bits per heavy atom. The third-order valence-electron chi connectivity index (χ3n) is 3.46. The molecule has 118 valence electrons. The van der Waals surface area contributed by atoms with E-state index in [-0.39, 0.29) is 5.75 Å². The zero-order valence-electron chi connectivity index (χ0n) is 12.9. The van der Waals surface area contributed by atoms with Crippen LogP contribution < -0.4 is 10.1 Å². The molecule has 2 heterocycles. The van der Waals surface area contributed by atoms with Crippen molar-refractivity contribution in [3.05, 3.63) is 54.4 Å². The van der Waals surface area contributed by atoms with Gasteiger partial charge in [0.2, 0.25) is 0 Å². The maximum Gasteiger partial charge on any atom is 0.162 e. The van der Waals surface area contributed by atoms with Gasteiger partial charge in [-0.05, 0) is 13.0 Å². The van der Waals surface area contributed by atoms with Crippen molar-refractivity contribution in [2.45, 2.75) is 13.5 Å². The largest absolute Gasteiger partial charge is 0.504 e. The minimum Gasteiger partial charge on any atom is -0.504 e. The summed E-state index contributed by atoms with van der Waals surface area (Å²) in [6, 6.07) is 5.36. The number of rotatable bonds is 5. The molecule has 3 aromatic rings. The first-order valence-corrected chi connectivity index (χ1v) is 7.10. The predicted molar refractivity (Wildman–Crippen MR) is 85.9 cm³/mol. The molecule has 0 saturated carbocycles. The van der Waals surface area contributed by atoms with Crippen molar-refractivity contribution in [3.8, 4) is 17.3 Å². The van der Waals surface area contributed by atoms with E-state index in [0.29, 0.717) is 23.9 Å². The number of anilines is 1. The molecule has 0 radical (unpaired) electrons. The molecule has 0 atom stereocenters. The summed E-state index contributed by atoms with van der Waals surface area (Å²) < 4.78 is 6.95. The number of nitrogens with one attached hydrogen (secondary N) is 1. The molecule has 7 heteroatoms. The second-order valence-corrected chi connectivity index (χ2v) is 4.93. The molecule has 0 saturated heterocycles. The molecule has 0 aliphatic heterocycles. The van der Waals surface area contributed by atoms with Crippen LogP contribution in [0.25, 0.3) is 5.82 Å². The van der Waals surface area contributed by atoms with Crippen LogP contribution >= 0.6 is 0 Å². The van der Waals surface area contributed by atoms with Crippen molar-refractivity contribution in [2.24, 2.45) is 0 Å². The SMILES string of the molecule is COc1cccc(CNc2cncc(-n3ccnc3C)n2)c1O. The van der Waals surface area contributed by atoms with Gasteiger partial charge >= 0.3 is 0 Å². The summed E-state index contributed by atoms with van der Waals surface area (Å²) in [6.07, 6.45) is 6.85. The molecule has 0 aliphatic carbocycles. The fourth-order valence-corrected chi connectivity index (χ4v) is 2.24. The van der Waals surface area contributed by atoms with Gasteiger partial charge in [-0.1, -0.05) is 12.1 Å². The van der Waals surface area contributed by atoms with Crippen LogP contribution in [0.3, 0.4) is 0 Å². The number of methoxy groups -OCH3 is 1. The van der Waals surface area contributed by atoms with Crippen molar-refractivity contribution in [1.29, 1.82) is 0 Å². The number of hydrogen-bond donors (Lipinski definition) is 2. The topological polar surface area (TPSA) is 85.1 Å². The smallest absolute Gasteiger partial charge is 0.162 e. The summed E-state index contributed by atoms with van der Waals surface area (Å²) in [5, 5.41) is 13.2. The Hall–Kier alpha value is -3.09. The van der Waals surface area contributed by atoms with Gasteiger partial charge < -0.3 is 15.2 Å². The summed E-state index contributed by atoms with van der Waals surface area (Å²) in [6.45, 7) is 2.31. The van der Waals surface area contributed by atoms with E-state index in [0.717, 1.165) is 11.4 Å². The molecule has 0 unspecified atom stereocenters. The maximum atomic E-state index is 10.1. The minimum atomic E-state index is 0.122. The van der Waals surface area contributed by atoms with Gasteiger partial charge in [0.05, 0.1) is 19.5 Å². The molecular formula is C16H17N5O2. The van der Waals surface area contributed by atoms with E-state index in [1.54, 1.807) is 24.7 Å². The van der Waals surface area contributed by atoms with E-state index >= 15 is 0 Å². The summed E-state index contributed by atoms with van der Waals surface area (Å²) in [5.41, 5.74) is 0.718. The van der Waals surface area contributed by atoms with Gasteiger partial charge in [-0.2, -0.15) is 0 Å². The normalized spacial score (nSPS) is 10.5. The van der Waals surface area contributed by atoms with Crippen LogP contribution in [0, 0.1) is 6.92 Å². The fraction of sp³-hybridized carbons (Fsp3) is 0.188. The van der Waals surface area contributed by atoms with Crippen molar-refractivity contribution in [1.82, 2.24) is 19.5 Å². The number of hydrogen-bond acceptors (Lipinski definition) is 6. The lowest BCUT2D eigenvalue weighted by Gasteiger charge is -2.11. The van der Waals surface area contributed by atoms with Crippen molar-refractivity contribution in [3.63, 3.8) is 0 Å². The summed E-state index contributed by atoms with van der Waals surface area (Å²) in [5.74, 6) is 2.69. The Morgan fingerprint density at radius 2 is 2.17 bits per heavy atom. The average molecular weight is 311 g/mol. The first-order valence-electron chi connectivity index (χ1n) is 7.10. The maximum absolute atomic E-state index is 10.1. The van der Waals surface area contributed by atoms with Crippen molar-refractivity contribution >= 4 is 5.82 Å². The van der Waals surface area contributed by atoms with Gasteiger partial charge in [0.1, 0.15) is 11.6 Å². The van der Waals surface area contributed by atoms with Gasteiger partial charge in [0.25, 0.3) is 0 Å². The minimum absolute atomic E-state index is 0.122. The average Bonchev–Trinajstić information content (AvgIpc) is 3.00. The molecule has 0 spiro atoms. The Bertz CT molecular complexity index is 816. The van der Waals surface area contributed by atoms with E-state index in [2.05, 4.69) is 20.3 Å². The van der Waals surface area contributed by atoms with Gasteiger partial charge in [0.15, 0.2) is 17.3 Å². The molecule has 2 N–H and O–H groups in total. The number of aromatic nitrogens is 4. The standard InChI is InChI=1S/C16H17N5O2/c1-11-18-6-7-21(11)15-10-17-9-14(20-15)19-8-12-4-3-5-13(23-2)16(12)22/h3-7,9-10,22H,8H2,1-2H3,(H,19,20). The molecule has 1 aromatic carbocycles. The molecule has 0 bridgehead atoms. The number of benzene rings is 1. The predicted octanol–water partition coefficient (Wildman–Crippen LogP) is 2.30. The lowest BCUT2D eigenvalue weighted by atomic mass is 10.2. The van der Waals surface area contributed by atoms with Gasteiger partial charge in [-0.3, -0.25) is 9.55 Å². The van der Waals surface area contributed by atoms with E-state index in [4.69, 9.17) is 4.74 Å². The number of imidazole rings is 1. The number of aromatic hydroxyl groups is 1. The Balaban J connectivity index is 1.78. The lowest BCUT2D eigenvalue weighted by Crippen LogP contribution is -2.06. The van der Waals surface area contributed by atoms with Crippen LogP contribution in [0.5, 0.6) is 11.5 Å². The first-order chi connectivity index (χ1) is 11.2. The number of para-hydroxylation sites is 1. The second kappa shape index (κ2) is 6.35. The second-order valence-electron chi connectivity index (χ2n) is 4.93. The molecule has 0 fully saturated rings. The molecular weight excluding hydrogens is 294 g/mol. The Kier molecular flexibility index (Phi) is 4.09. The number of nitrogens with zero attached hydrogens (tertiary/aromatic N) is 4. The van der Waals surface area contributed by atoms with Crippen LogP contribution in [0.15, 0.2) is 43.0 Å². The molecule has 3 rings (SSSR count). The quantitative estimate of drug-likeness (QED) is 0.752. The number of ether oxygens (including phenoxy) is 1. The van der Waals surface area contributed by atoms with Crippen LogP contribution in [0.1, 0.15) is 11.4 Å². The van der Waals surface area contributed by atoms with E-state index in [1.165, 1.54) is 7.11 Å². The van der Waals surface area contributed by atoms with Gasteiger partial charge in [0, 0.05) is 24.5 Å². The van der Waals surface area contributed by atoms with Gasteiger partial charge in [-0.15, -0.1) is 0 Å². The summed E-state index contributed by atoms with van der Waals surface area (Å²) >= 11 is 0. The highest BCUT2D eigenvalue weighted by Gasteiger charge is 2.08. The lowest BCUT2D eigenvalue weighted by molar-refractivity contribution is 0.371. The first kappa shape index (κ1) is 14.8. The highest BCUT2D eigenvalue weighted by atomic mass is 16.5. The molecule has 23 heavy (non-hydrogen) atoms. The highest BCUT2D eigenvalue weighted by Crippen LogP contribution is 2.29. The zero-order valence-corrected chi connectivity index (χ0v) is 12.9. The molecule has 2 aromatic heterocycles. The summed E-state index contributed by atoms with van der Waals surface area (Å²) in [4.78, 5) is 12.9. The number of phenolic OH excluding ortho intramolecular Hbond substituents is 1. The van der Waals surface area contributed by atoms with Crippen molar-refractivity contribution < 1.29 is 9.84 Å². The molecule has 0 amide bonds. The molecule has 0 aliphatic rings. The van der Waals surface area contributed by atoms with E-state index < -0.39 is 0 Å². The third-order valence-corrected chi connectivity index (χ3v) is 3.46. The molecule has 7 nitrogen and oxygen atoms in total.